The lowest BCUT2D eigenvalue weighted by molar-refractivity contribution is -0.164. The molecular formula is C31H31N2O4P. The number of carbonyl (C=O) groups is 2. The minimum atomic E-state index is -3.52. The van der Waals surface area contributed by atoms with E-state index in [1.165, 1.54) is 0 Å². The molecule has 0 amide bonds. The molecule has 4 aromatic carbocycles. The van der Waals surface area contributed by atoms with E-state index in [1.54, 1.807) is 18.5 Å². The molecule has 0 aliphatic carbocycles. The summed E-state index contributed by atoms with van der Waals surface area (Å²) in [5, 5.41) is 5.02. The number of carbonyl (C=O) groups excluding carboxylic acids is 2. The van der Waals surface area contributed by atoms with Crippen molar-refractivity contribution >= 4 is 35.8 Å². The van der Waals surface area contributed by atoms with Crippen molar-refractivity contribution in [3.63, 3.8) is 0 Å². The maximum atomic E-state index is 14.9. The quantitative estimate of drug-likeness (QED) is 0.173. The predicted octanol–water partition coefficient (Wildman–Crippen LogP) is 6.89. The fourth-order valence-electron chi connectivity index (χ4n) is 5.17. The largest absolute Gasteiger partial charge is 0.390 e. The van der Waals surface area contributed by atoms with Gasteiger partial charge >= 0.3 is 11.9 Å². The third kappa shape index (κ3) is 4.55. The van der Waals surface area contributed by atoms with E-state index in [2.05, 4.69) is 5.09 Å². The standard InChI is InChI=1S/C31H31N2O4P/c1-4-20-38(36)32-22(2)29(34)37-30(35)31(3,27-17-14-24-12-8-9-13-26(24)21-27)33(38)28-18-15-25(16-19-28)23-10-6-5-7-11-23/h5-19,21-22H,4,20H2,1-3H3,(H,32,36)/t22-,31+,38?/m0/s1. The molecule has 5 rings (SSSR count). The van der Waals surface area contributed by atoms with Crippen molar-refractivity contribution in [2.24, 2.45) is 0 Å². The highest BCUT2D eigenvalue weighted by atomic mass is 31.2. The van der Waals surface area contributed by atoms with Crippen LogP contribution in [0.2, 0.25) is 0 Å². The highest BCUT2D eigenvalue weighted by molar-refractivity contribution is 7.63. The smallest absolute Gasteiger partial charge is 0.344 e. The first-order valence-electron chi connectivity index (χ1n) is 12.8. The summed E-state index contributed by atoms with van der Waals surface area (Å²) in [4.78, 5) is 26.7. The summed E-state index contributed by atoms with van der Waals surface area (Å²) in [6.45, 7) is 5.21. The fourth-order valence-corrected chi connectivity index (χ4v) is 8.28. The van der Waals surface area contributed by atoms with Crippen molar-refractivity contribution in [1.82, 2.24) is 5.09 Å². The van der Waals surface area contributed by atoms with E-state index in [9.17, 15) is 14.2 Å². The summed E-state index contributed by atoms with van der Waals surface area (Å²) in [6.07, 6.45) is 0.855. The number of fused-ring (bicyclic) bond motifs is 1. The average molecular weight is 527 g/mol. The Bertz CT molecular complexity index is 1540. The molecule has 0 radical (unpaired) electrons. The van der Waals surface area contributed by atoms with Gasteiger partial charge in [0.25, 0.3) is 0 Å². The summed E-state index contributed by atoms with van der Waals surface area (Å²) in [5.41, 5.74) is 1.69. The van der Waals surface area contributed by atoms with Crippen LogP contribution in [-0.4, -0.2) is 24.1 Å². The Morgan fingerprint density at radius 1 is 0.868 bits per heavy atom. The maximum Gasteiger partial charge on any atom is 0.344 e. The molecule has 1 fully saturated rings. The van der Waals surface area contributed by atoms with Crippen LogP contribution in [0, 0.1) is 0 Å². The van der Waals surface area contributed by atoms with Crippen molar-refractivity contribution in [1.29, 1.82) is 0 Å². The van der Waals surface area contributed by atoms with Gasteiger partial charge in [0.2, 0.25) is 7.44 Å². The second-order valence-electron chi connectivity index (χ2n) is 9.84. The van der Waals surface area contributed by atoms with Crippen molar-refractivity contribution in [3.05, 3.63) is 103 Å². The second kappa shape index (κ2) is 10.2. The first kappa shape index (κ1) is 25.9. The maximum absolute atomic E-state index is 14.9. The van der Waals surface area contributed by atoms with Gasteiger partial charge in [-0.2, -0.15) is 0 Å². The number of hydrogen-bond donors (Lipinski definition) is 1. The molecule has 3 atom stereocenters. The van der Waals surface area contributed by atoms with Crippen LogP contribution in [0.5, 0.6) is 0 Å². The molecule has 1 unspecified atom stereocenters. The number of hydrogen-bond acceptors (Lipinski definition) is 4. The molecule has 1 heterocycles. The topological polar surface area (TPSA) is 75.7 Å². The lowest BCUT2D eigenvalue weighted by atomic mass is 9.89. The van der Waals surface area contributed by atoms with Crippen LogP contribution in [0.4, 0.5) is 5.69 Å². The van der Waals surface area contributed by atoms with Crippen molar-refractivity contribution in [3.8, 4) is 11.1 Å². The summed E-state index contributed by atoms with van der Waals surface area (Å²) in [7, 11) is -3.52. The third-order valence-electron chi connectivity index (χ3n) is 7.14. The molecule has 0 bridgehead atoms. The molecule has 7 heteroatoms. The van der Waals surface area contributed by atoms with Crippen molar-refractivity contribution in [2.45, 2.75) is 38.8 Å². The average Bonchev–Trinajstić information content (AvgIpc) is 2.93. The van der Waals surface area contributed by atoms with Gasteiger partial charge in [-0.25, -0.2) is 14.7 Å². The molecule has 1 aliphatic rings. The van der Waals surface area contributed by atoms with E-state index in [0.29, 0.717) is 17.7 Å². The van der Waals surface area contributed by atoms with Gasteiger partial charge in [0.1, 0.15) is 6.04 Å². The molecule has 0 aromatic heterocycles. The number of ether oxygens (including phenoxy) is 1. The van der Waals surface area contributed by atoms with E-state index in [0.717, 1.165) is 21.9 Å². The van der Waals surface area contributed by atoms with Crippen molar-refractivity contribution in [2.75, 3.05) is 10.8 Å². The predicted molar refractivity (Wildman–Crippen MR) is 152 cm³/mol. The van der Waals surface area contributed by atoms with Crippen LogP contribution in [0.1, 0.15) is 32.8 Å². The van der Waals surface area contributed by atoms with E-state index >= 15 is 0 Å². The number of anilines is 1. The van der Waals surface area contributed by atoms with Gasteiger partial charge in [0.15, 0.2) is 5.54 Å². The summed E-state index contributed by atoms with van der Waals surface area (Å²) in [5.74, 6) is -1.49. The van der Waals surface area contributed by atoms with Gasteiger partial charge in [-0.3, -0.25) is 9.24 Å². The zero-order chi connectivity index (χ0) is 26.9. The number of esters is 2. The zero-order valence-corrected chi connectivity index (χ0v) is 22.7. The van der Waals surface area contributed by atoms with E-state index < -0.39 is 31.0 Å². The molecule has 1 N–H and O–H groups in total. The minimum absolute atomic E-state index is 0.265. The summed E-state index contributed by atoms with van der Waals surface area (Å²) >= 11 is 0. The van der Waals surface area contributed by atoms with Crippen LogP contribution in [0.25, 0.3) is 21.9 Å². The number of cyclic esters (lactones) is 2. The van der Waals surface area contributed by atoms with Crippen LogP contribution in [0.15, 0.2) is 97.1 Å². The second-order valence-corrected chi connectivity index (χ2v) is 12.4. The fraction of sp³-hybridized carbons (Fsp3) is 0.226. The Balaban J connectivity index is 1.74. The Labute approximate surface area is 223 Å². The summed E-state index contributed by atoms with van der Waals surface area (Å²) in [6, 6.07) is 30.3. The minimum Gasteiger partial charge on any atom is -0.390 e. The highest BCUT2D eigenvalue weighted by Crippen LogP contribution is 2.57. The van der Waals surface area contributed by atoms with Gasteiger partial charge in [-0.1, -0.05) is 85.8 Å². The molecule has 194 valence electrons. The highest BCUT2D eigenvalue weighted by Gasteiger charge is 2.53. The lowest BCUT2D eigenvalue weighted by Crippen LogP contribution is -2.56. The van der Waals surface area contributed by atoms with Gasteiger partial charge in [-0.15, -0.1) is 0 Å². The number of rotatable bonds is 5. The summed E-state index contributed by atoms with van der Waals surface area (Å²) < 4.78 is 22.0. The molecule has 4 aromatic rings. The third-order valence-corrected chi connectivity index (χ3v) is 10.3. The molecule has 1 aliphatic heterocycles. The van der Waals surface area contributed by atoms with Gasteiger partial charge < -0.3 is 4.74 Å². The molecule has 0 saturated carbocycles. The van der Waals surface area contributed by atoms with Gasteiger partial charge in [0, 0.05) is 11.8 Å². The van der Waals surface area contributed by atoms with Gasteiger partial charge in [0.05, 0.1) is 0 Å². The molecule has 1 saturated heterocycles. The number of nitrogens with one attached hydrogen (secondary N) is 1. The first-order valence-corrected chi connectivity index (χ1v) is 14.7. The van der Waals surface area contributed by atoms with E-state index in [4.69, 9.17) is 4.74 Å². The van der Waals surface area contributed by atoms with Crippen molar-refractivity contribution < 1.29 is 18.9 Å². The molecule has 0 spiro atoms. The normalized spacial score (nSPS) is 24.1. The lowest BCUT2D eigenvalue weighted by Gasteiger charge is -2.47. The molecule has 38 heavy (non-hydrogen) atoms. The van der Waals surface area contributed by atoms with Crippen LogP contribution >= 0.6 is 7.44 Å². The number of nitrogens with zero attached hydrogens (tertiary/aromatic N) is 1. The van der Waals surface area contributed by atoms with Gasteiger partial charge in [-0.05, 0) is 65.9 Å². The Kier molecular flexibility index (Phi) is 6.95. The van der Waals surface area contributed by atoms with Crippen LogP contribution in [0.3, 0.4) is 0 Å². The van der Waals surface area contributed by atoms with E-state index in [1.807, 2.05) is 104 Å². The Morgan fingerprint density at radius 3 is 2.18 bits per heavy atom. The monoisotopic (exact) mass is 526 g/mol. The first-order chi connectivity index (χ1) is 18.3. The Morgan fingerprint density at radius 2 is 1.50 bits per heavy atom. The van der Waals surface area contributed by atoms with Crippen LogP contribution < -0.4 is 9.76 Å². The van der Waals surface area contributed by atoms with E-state index in [-0.39, 0.29) is 6.16 Å². The van der Waals surface area contributed by atoms with Crippen LogP contribution in [-0.2, 0) is 24.4 Å². The molecule has 6 nitrogen and oxygen atoms in total. The zero-order valence-electron chi connectivity index (χ0n) is 21.8. The SMILES string of the molecule is CCCP1(=O)N[C@@H](C)C(=O)OC(=O)[C@@](C)(c2ccc3ccccc3c2)N1c1ccc(-c2ccccc2)cc1. The number of benzene rings is 4. The molecular weight excluding hydrogens is 495 g/mol. The Hall–Kier alpha value is -3.73.